The summed E-state index contributed by atoms with van der Waals surface area (Å²) in [5, 5.41) is 9.88. The number of hydrogen-bond acceptors (Lipinski definition) is 5. The summed E-state index contributed by atoms with van der Waals surface area (Å²) in [6.45, 7) is 8.13. The summed E-state index contributed by atoms with van der Waals surface area (Å²) in [7, 11) is 1.48. The van der Waals surface area contributed by atoms with Gasteiger partial charge >= 0.3 is 5.97 Å². The number of rotatable bonds is 8. The maximum absolute atomic E-state index is 13.7. The minimum Gasteiger partial charge on any atom is -0.477 e. The first-order valence-corrected chi connectivity index (χ1v) is 11.7. The molecule has 1 aliphatic rings. The van der Waals surface area contributed by atoms with Gasteiger partial charge in [-0.2, -0.15) is 0 Å². The van der Waals surface area contributed by atoms with Crippen molar-refractivity contribution in [1.29, 1.82) is 0 Å². The first-order chi connectivity index (χ1) is 14.9. The van der Waals surface area contributed by atoms with Crippen LogP contribution in [0.25, 0.3) is 0 Å². The van der Waals surface area contributed by atoms with Crippen molar-refractivity contribution in [2.75, 3.05) is 18.6 Å². The van der Waals surface area contributed by atoms with E-state index in [0.29, 0.717) is 10.8 Å². The van der Waals surface area contributed by atoms with E-state index in [9.17, 15) is 19.5 Å². The Kier molecular flexibility index (Phi) is 8.88. The predicted molar refractivity (Wildman–Crippen MR) is 126 cm³/mol. The molecule has 1 atom stereocenters. The number of anilines is 1. The molecule has 2 amide bonds. The van der Waals surface area contributed by atoms with Crippen LogP contribution in [0.4, 0.5) is 5.69 Å². The lowest BCUT2D eigenvalue weighted by Crippen LogP contribution is -2.48. The summed E-state index contributed by atoms with van der Waals surface area (Å²) < 4.78 is 5.29. The summed E-state index contributed by atoms with van der Waals surface area (Å²) in [4.78, 5) is 39.6. The molecular formula is C24H34N2O5S. The number of methoxy groups -OCH3 is 1. The van der Waals surface area contributed by atoms with Crippen molar-refractivity contribution >= 4 is 34.8 Å². The van der Waals surface area contributed by atoms with E-state index in [1.807, 2.05) is 20.8 Å². The average Bonchev–Trinajstić information content (AvgIpc) is 3.10. The molecule has 0 radical (unpaired) electrons. The zero-order valence-corrected chi connectivity index (χ0v) is 20.4. The molecule has 0 aliphatic heterocycles. The third kappa shape index (κ3) is 7.07. The van der Waals surface area contributed by atoms with Gasteiger partial charge in [0.1, 0.15) is 4.88 Å². The van der Waals surface area contributed by atoms with E-state index in [1.54, 1.807) is 6.07 Å². The molecule has 1 fully saturated rings. The summed E-state index contributed by atoms with van der Waals surface area (Å²) in [6.07, 6.45) is 3.21. The quantitative estimate of drug-likeness (QED) is 0.570. The molecule has 8 heteroatoms. The van der Waals surface area contributed by atoms with Crippen molar-refractivity contribution in [3.8, 4) is 11.8 Å². The zero-order chi connectivity index (χ0) is 24.1. The molecule has 1 aliphatic carbocycles. The van der Waals surface area contributed by atoms with E-state index >= 15 is 0 Å². The molecule has 3 N–H and O–H groups in total. The van der Waals surface area contributed by atoms with Gasteiger partial charge in [0.25, 0.3) is 0 Å². The normalized spacial score (nSPS) is 19.5. The maximum atomic E-state index is 13.7. The smallest absolute Gasteiger partial charge is 0.348 e. The molecule has 1 heterocycles. The van der Waals surface area contributed by atoms with Crippen molar-refractivity contribution in [3.63, 3.8) is 0 Å². The lowest BCUT2D eigenvalue weighted by molar-refractivity contribution is -0.124. The number of aromatic carboxylic acids is 1. The van der Waals surface area contributed by atoms with Crippen LogP contribution in [0.15, 0.2) is 6.07 Å². The van der Waals surface area contributed by atoms with Gasteiger partial charge in [0.2, 0.25) is 11.8 Å². The van der Waals surface area contributed by atoms with Gasteiger partial charge in [-0.3, -0.25) is 9.59 Å². The lowest BCUT2D eigenvalue weighted by Gasteiger charge is -2.35. The van der Waals surface area contributed by atoms with Crippen LogP contribution in [-0.2, 0) is 14.3 Å². The number of thiophene rings is 1. The molecule has 0 aromatic carbocycles. The number of carboxylic acid groups (broad SMARTS) is 1. The number of hydrogen-bond donors (Lipinski definition) is 2. The fourth-order valence-corrected chi connectivity index (χ4v) is 4.71. The Balaban J connectivity index is 2.57. The number of carboxylic acids is 1. The van der Waals surface area contributed by atoms with Crippen molar-refractivity contribution in [1.82, 2.24) is 0 Å². The molecule has 0 unspecified atom stereocenters. The fraction of sp³-hybridized carbons (Fsp3) is 0.625. The number of amides is 2. The summed E-state index contributed by atoms with van der Waals surface area (Å²) in [5.74, 6) is 4.56. The molecule has 0 bridgehead atoms. The van der Waals surface area contributed by atoms with Crippen molar-refractivity contribution in [2.24, 2.45) is 23.0 Å². The minimum absolute atomic E-state index is 0.0197. The zero-order valence-electron chi connectivity index (χ0n) is 19.6. The number of carbonyl (C=O) groups is 3. The van der Waals surface area contributed by atoms with Crippen LogP contribution >= 0.6 is 11.3 Å². The van der Waals surface area contributed by atoms with Crippen LogP contribution in [0.3, 0.4) is 0 Å². The fourth-order valence-electron chi connectivity index (χ4n) is 3.87. The van der Waals surface area contributed by atoms with E-state index in [-0.39, 0.29) is 40.8 Å². The first-order valence-electron chi connectivity index (χ1n) is 10.9. The van der Waals surface area contributed by atoms with E-state index in [1.165, 1.54) is 12.0 Å². The minimum atomic E-state index is -1.14. The SMILES string of the molecule is COC[C@H](CC(N)=O)N(c1cc(C#CC(C)(C)C)sc1C(=O)O)C(=O)[C@H]1CC[C@H](C)CC1. The van der Waals surface area contributed by atoms with Gasteiger partial charge < -0.3 is 20.5 Å². The summed E-state index contributed by atoms with van der Waals surface area (Å²) in [5.41, 5.74) is 5.47. The number of ether oxygens (including phenoxy) is 1. The van der Waals surface area contributed by atoms with Gasteiger partial charge in [-0.05, 0) is 58.4 Å². The monoisotopic (exact) mass is 462 g/mol. The third-order valence-corrected chi connectivity index (χ3v) is 6.52. The highest BCUT2D eigenvalue weighted by atomic mass is 32.1. The second-order valence-corrected chi connectivity index (χ2v) is 10.6. The van der Waals surface area contributed by atoms with E-state index in [4.69, 9.17) is 10.5 Å². The van der Waals surface area contributed by atoms with Gasteiger partial charge in [0.15, 0.2) is 0 Å². The molecule has 1 aromatic heterocycles. The third-order valence-electron chi connectivity index (χ3n) is 5.49. The number of nitrogens with two attached hydrogens (primary N) is 1. The standard InChI is InChI=1S/C24H34N2O5S/c1-15-6-8-16(9-7-15)22(28)26(17(14-31-5)12-20(25)27)19-13-18(10-11-24(2,3)4)32-21(19)23(29)30/h13,15-17H,6-9,12,14H2,1-5H3,(H2,25,27)(H,29,30)/t15-,16-,17-/m0/s1. The van der Waals surface area contributed by atoms with Gasteiger partial charge in [-0.15, -0.1) is 11.3 Å². The van der Waals surface area contributed by atoms with Crippen LogP contribution in [0.5, 0.6) is 0 Å². The van der Waals surface area contributed by atoms with E-state index in [2.05, 4.69) is 18.8 Å². The molecule has 2 rings (SSSR count). The molecule has 0 spiro atoms. The van der Waals surface area contributed by atoms with Crippen LogP contribution in [0.1, 0.15) is 74.3 Å². The van der Waals surface area contributed by atoms with Crippen LogP contribution in [0.2, 0.25) is 0 Å². The Bertz CT molecular complexity index is 898. The van der Waals surface area contributed by atoms with Gasteiger partial charge in [0.05, 0.1) is 23.2 Å². The van der Waals surface area contributed by atoms with E-state index in [0.717, 1.165) is 37.0 Å². The van der Waals surface area contributed by atoms with Crippen molar-refractivity contribution in [3.05, 3.63) is 15.8 Å². The number of primary amides is 1. The number of nitrogens with zero attached hydrogens (tertiary/aromatic N) is 1. The highest BCUT2D eigenvalue weighted by Gasteiger charge is 2.36. The molecule has 176 valence electrons. The predicted octanol–water partition coefficient (Wildman–Crippen LogP) is 3.89. The highest BCUT2D eigenvalue weighted by Crippen LogP contribution is 2.36. The van der Waals surface area contributed by atoms with Crippen LogP contribution in [-0.4, -0.2) is 42.6 Å². The summed E-state index contributed by atoms with van der Waals surface area (Å²) >= 11 is 1.03. The molecule has 32 heavy (non-hydrogen) atoms. The van der Waals surface area contributed by atoms with Crippen molar-refractivity contribution < 1.29 is 24.2 Å². The molecule has 1 aromatic rings. The second-order valence-electron chi connectivity index (χ2n) is 9.57. The highest BCUT2D eigenvalue weighted by molar-refractivity contribution is 7.15. The van der Waals surface area contributed by atoms with Gasteiger partial charge in [-0.1, -0.05) is 18.8 Å². The van der Waals surface area contributed by atoms with Gasteiger partial charge in [-0.25, -0.2) is 4.79 Å². The Hall–Kier alpha value is -2.37. The molecule has 0 saturated heterocycles. The molecular weight excluding hydrogens is 428 g/mol. The second kappa shape index (κ2) is 11.0. The van der Waals surface area contributed by atoms with E-state index < -0.39 is 17.9 Å². The Morgan fingerprint density at radius 1 is 1.28 bits per heavy atom. The summed E-state index contributed by atoms with van der Waals surface area (Å²) in [6, 6.07) is 0.945. The Labute approximate surface area is 194 Å². The van der Waals surface area contributed by atoms with Crippen molar-refractivity contribution in [2.45, 2.75) is 65.8 Å². The molecule has 7 nitrogen and oxygen atoms in total. The lowest BCUT2D eigenvalue weighted by atomic mass is 9.82. The number of carbonyl (C=O) groups excluding carboxylic acids is 2. The van der Waals surface area contributed by atoms with Gasteiger partial charge in [0, 0.05) is 24.9 Å². The first kappa shape index (κ1) is 25.9. The largest absolute Gasteiger partial charge is 0.477 e. The van der Waals surface area contributed by atoms with Crippen LogP contribution in [0, 0.1) is 29.1 Å². The average molecular weight is 463 g/mol. The Morgan fingerprint density at radius 3 is 2.41 bits per heavy atom. The maximum Gasteiger partial charge on any atom is 0.348 e. The Morgan fingerprint density at radius 2 is 1.91 bits per heavy atom. The molecule has 1 saturated carbocycles. The van der Waals surface area contributed by atoms with Crippen LogP contribution < -0.4 is 10.6 Å². The topological polar surface area (TPSA) is 110 Å².